The average molecular weight is 278 g/mol. The van der Waals surface area contributed by atoms with Crippen molar-refractivity contribution in [2.24, 2.45) is 0 Å². The van der Waals surface area contributed by atoms with Crippen LogP contribution in [0.1, 0.15) is 65.2 Å². The molecule has 3 rings (SSSR count). The van der Waals surface area contributed by atoms with Crippen LogP contribution in [-0.4, -0.2) is 5.78 Å². The second-order valence-corrected chi connectivity index (χ2v) is 6.30. The van der Waals surface area contributed by atoms with Gasteiger partial charge in [-0.05, 0) is 54.4 Å². The molecule has 0 saturated heterocycles. The molecule has 0 aromatic heterocycles. The van der Waals surface area contributed by atoms with E-state index in [0.29, 0.717) is 5.92 Å². The van der Waals surface area contributed by atoms with Crippen LogP contribution in [0.5, 0.6) is 0 Å². The van der Waals surface area contributed by atoms with Crippen LogP contribution in [0.15, 0.2) is 42.5 Å². The molecule has 0 amide bonds. The number of benzene rings is 2. The molecule has 0 radical (unpaired) electrons. The number of fused-ring (bicyclic) bond motifs is 1. The minimum Gasteiger partial charge on any atom is -0.289 e. The Morgan fingerprint density at radius 2 is 1.48 bits per heavy atom. The van der Waals surface area contributed by atoms with Crippen LogP contribution < -0.4 is 0 Å². The molecule has 1 aliphatic carbocycles. The zero-order valence-corrected chi connectivity index (χ0v) is 12.9. The summed E-state index contributed by atoms with van der Waals surface area (Å²) < 4.78 is 0. The first-order valence-corrected chi connectivity index (χ1v) is 7.91. The molecule has 0 unspecified atom stereocenters. The van der Waals surface area contributed by atoms with E-state index in [1.165, 1.54) is 29.5 Å². The predicted octanol–water partition coefficient (Wildman–Crippen LogP) is 4.92. The standard InChI is InChI=1S/C20H22O/c1-14(2)15-7-10-17(11-8-15)20(21)19-12-9-16-5-3-4-6-18(16)13-19/h7-14H,3-6H2,1-2H3. The van der Waals surface area contributed by atoms with Crippen molar-refractivity contribution in [2.45, 2.75) is 45.4 Å². The highest BCUT2D eigenvalue weighted by Gasteiger charge is 2.14. The second kappa shape index (κ2) is 5.85. The van der Waals surface area contributed by atoms with Crippen molar-refractivity contribution in [2.75, 3.05) is 0 Å². The number of rotatable bonds is 3. The Morgan fingerprint density at radius 1 is 0.857 bits per heavy atom. The molecule has 0 atom stereocenters. The van der Waals surface area contributed by atoms with Gasteiger partial charge in [0.05, 0.1) is 0 Å². The summed E-state index contributed by atoms with van der Waals surface area (Å²) in [6.45, 7) is 4.33. The Kier molecular flexibility index (Phi) is 3.92. The first-order valence-electron chi connectivity index (χ1n) is 7.91. The van der Waals surface area contributed by atoms with Gasteiger partial charge in [-0.1, -0.05) is 50.2 Å². The van der Waals surface area contributed by atoms with Crippen LogP contribution in [0.25, 0.3) is 0 Å². The Labute approximate surface area is 127 Å². The highest BCUT2D eigenvalue weighted by Crippen LogP contribution is 2.24. The summed E-state index contributed by atoms with van der Waals surface area (Å²) in [4.78, 5) is 12.6. The first-order chi connectivity index (χ1) is 10.1. The molecule has 0 heterocycles. The molecule has 0 bridgehead atoms. The molecule has 1 aliphatic rings. The van der Waals surface area contributed by atoms with E-state index in [2.05, 4.69) is 38.1 Å². The Morgan fingerprint density at radius 3 is 2.14 bits per heavy atom. The van der Waals surface area contributed by atoms with Gasteiger partial charge in [-0.15, -0.1) is 0 Å². The lowest BCUT2D eigenvalue weighted by atomic mass is 9.89. The van der Waals surface area contributed by atoms with Gasteiger partial charge >= 0.3 is 0 Å². The topological polar surface area (TPSA) is 17.1 Å². The Bertz CT molecular complexity index is 650. The van der Waals surface area contributed by atoms with E-state index in [1.807, 2.05) is 18.2 Å². The van der Waals surface area contributed by atoms with Crippen LogP contribution in [0.3, 0.4) is 0 Å². The van der Waals surface area contributed by atoms with Crippen LogP contribution in [-0.2, 0) is 12.8 Å². The minimum absolute atomic E-state index is 0.138. The summed E-state index contributed by atoms with van der Waals surface area (Å²) in [5, 5.41) is 0. The number of hydrogen-bond acceptors (Lipinski definition) is 1. The van der Waals surface area contributed by atoms with Crippen LogP contribution in [0.4, 0.5) is 0 Å². The molecule has 1 nitrogen and oxygen atoms in total. The van der Waals surface area contributed by atoms with Gasteiger partial charge in [-0.3, -0.25) is 4.79 Å². The highest BCUT2D eigenvalue weighted by atomic mass is 16.1. The minimum atomic E-state index is 0.138. The molecule has 108 valence electrons. The molecule has 1 heteroatoms. The van der Waals surface area contributed by atoms with Gasteiger partial charge in [-0.2, -0.15) is 0 Å². The van der Waals surface area contributed by atoms with Gasteiger partial charge < -0.3 is 0 Å². The van der Waals surface area contributed by atoms with E-state index < -0.39 is 0 Å². The van der Waals surface area contributed by atoms with Gasteiger partial charge in [0.2, 0.25) is 0 Å². The molecule has 0 N–H and O–H groups in total. The highest BCUT2D eigenvalue weighted by molar-refractivity contribution is 6.09. The Balaban J connectivity index is 1.87. The quantitative estimate of drug-likeness (QED) is 0.728. The normalized spacial score (nSPS) is 14.0. The van der Waals surface area contributed by atoms with Crippen LogP contribution in [0.2, 0.25) is 0 Å². The molecule has 0 spiro atoms. The summed E-state index contributed by atoms with van der Waals surface area (Å²) in [7, 11) is 0. The monoisotopic (exact) mass is 278 g/mol. The van der Waals surface area contributed by atoms with Gasteiger partial charge in [0.25, 0.3) is 0 Å². The van der Waals surface area contributed by atoms with Crippen LogP contribution >= 0.6 is 0 Å². The number of hydrogen-bond donors (Lipinski definition) is 0. The molecule has 2 aromatic carbocycles. The lowest BCUT2D eigenvalue weighted by Crippen LogP contribution is -2.07. The van der Waals surface area contributed by atoms with E-state index in [4.69, 9.17) is 0 Å². The van der Waals surface area contributed by atoms with Gasteiger partial charge in [0.15, 0.2) is 5.78 Å². The zero-order valence-electron chi connectivity index (χ0n) is 12.9. The molecule has 0 fully saturated rings. The third-order valence-electron chi connectivity index (χ3n) is 4.45. The van der Waals surface area contributed by atoms with Crippen molar-refractivity contribution in [3.05, 3.63) is 70.3 Å². The van der Waals surface area contributed by atoms with E-state index in [-0.39, 0.29) is 5.78 Å². The summed E-state index contributed by atoms with van der Waals surface area (Å²) in [6, 6.07) is 14.3. The maximum Gasteiger partial charge on any atom is 0.193 e. The fourth-order valence-corrected chi connectivity index (χ4v) is 3.06. The second-order valence-electron chi connectivity index (χ2n) is 6.30. The maximum absolute atomic E-state index is 12.6. The third-order valence-corrected chi connectivity index (χ3v) is 4.45. The molecule has 0 saturated carbocycles. The molecule has 0 aliphatic heterocycles. The van der Waals surface area contributed by atoms with E-state index >= 15 is 0 Å². The van der Waals surface area contributed by atoms with Crippen molar-refractivity contribution in [3.8, 4) is 0 Å². The number of aryl methyl sites for hydroxylation is 2. The molecular formula is C20H22O. The summed E-state index contributed by atoms with van der Waals surface area (Å²) >= 11 is 0. The summed E-state index contributed by atoms with van der Waals surface area (Å²) in [6.07, 6.45) is 4.79. The van der Waals surface area contributed by atoms with Crippen LogP contribution in [0, 0.1) is 0 Å². The van der Waals surface area contributed by atoms with Crippen molar-refractivity contribution in [1.29, 1.82) is 0 Å². The Hall–Kier alpha value is -1.89. The van der Waals surface area contributed by atoms with Gasteiger partial charge in [0.1, 0.15) is 0 Å². The predicted molar refractivity (Wildman–Crippen MR) is 87.0 cm³/mol. The van der Waals surface area contributed by atoms with Crippen molar-refractivity contribution in [3.63, 3.8) is 0 Å². The van der Waals surface area contributed by atoms with E-state index in [1.54, 1.807) is 0 Å². The van der Waals surface area contributed by atoms with E-state index in [0.717, 1.165) is 24.0 Å². The summed E-state index contributed by atoms with van der Waals surface area (Å²) in [5.74, 6) is 0.636. The average Bonchev–Trinajstić information content (AvgIpc) is 2.54. The van der Waals surface area contributed by atoms with Crippen molar-refractivity contribution in [1.82, 2.24) is 0 Å². The first kappa shape index (κ1) is 14.1. The third kappa shape index (κ3) is 2.92. The fraction of sp³-hybridized carbons (Fsp3) is 0.350. The van der Waals surface area contributed by atoms with Gasteiger partial charge in [0, 0.05) is 11.1 Å². The number of carbonyl (C=O) groups is 1. The fourth-order valence-electron chi connectivity index (χ4n) is 3.06. The molecular weight excluding hydrogens is 256 g/mol. The number of ketones is 1. The zero-order chi connectivity index (χ0) is 14.8. The summed E-state index contributed by atoms with van der Waals surface area (Å²) in [5.41, 5.74) is 5.68. The van der Waals surface area contributed by atoms with Crippen molar-refractivity contribution >= 4 is 5.78 Å². The lowest BCUT2D eigenvalue weighted by Gasteiger charge is -2.16. The number of carbonyl (C=O) groups excluding carboxylic acids is 1. The van der Waals surface area contributed by atoms with Gasteiger partial charge in [-0.25, -0.2) is 0 Å². The SMILES string of the molecule is CC(C)c1ccc(C(=O)c2ccc3c(c2)CCCC3)cc1. The van der Waals surface area contributed by atoms with E-state index in [9.17, 15) is 4.79 Å². The van der Waals surface area contributed by atoms with Crippen molar-refractivity contribution < 1.29 is 4.79 Å². The molecule has 2 aromatic rings. The molecule has 21 heavy (non-hydrogen) atoms. The lowest BCUT2D eigenvalue weighted by molar-refractivity contribution is 0.103. The smallest absolute Gasteiger partial charge is 0.193 e. The largest absolute Gasteiger partial charge is 0.289 e. The maximum atomic E-state index is 12.6.